The quantitative estimate of drug-likeness (QED) is 0.673. The van der Waals surface area contributed by atoms with Crippen molar-refractivity contribution in [3.05, 3.63) is 0 Å². The summed E-state index contributed by atoms with van der Waals surface area (Å²) in [6.45, 7) is 13.2. The molecule has 0 saturated heterocycles. The zero-order valence-corrected chi connectivity index (χ0v) is 13.1. The highest BCUT2D eigenvalue weighted by Gasteiger charge is 2.48. The van der Waals surface area contributed by atoms with Crippen molar-refractivity contribution in [1.82, 2.24) is 5.32 Å². The molecule has 114 valence electrons. The molecule has 0 spiro atoms. The maximum absolute atomic E-state index is 9.85. The Balaban J connectivity index is 2.16. The molecule has 3 unspecified atom stereocenters. The molecule has 0 aromatic heterocycles. The van der Waals surface area contributed by atoms with E-state index in [9.17, 15) is 5.11 Å². The number of hydrogen-bond donors (Lipinski definition) is 2. The van der Waals surface area contributed by atoms with Crippen molar-refractivity contribution in [2.45, 2.75) is 59.3 Å². The van der Waals surface area contributed by atoms with Gasteiger partial charge in [-0.1, -0.05) is 27.7 Å². The summed E-state index contributed by atoms with van der Waals surface area (Å²) in [5.41, 5.74) is 0.147. The van der Waals surface area contributed by atoms with Crippen molar-refractivity contribution in [2.24, 2.45) is 11.3 Å². The normalized spacial score (nSPS) is 27.3. The van der Waals surface area contributed by atoms with Gasteiger partial charge in [0.05, 0.1) is 18.8 Å². The lowest BCUT2D eigenvalue weighted by molar-refractivity contribution is -0.116. The third kappa shape index (κ3) is 5.03. The number of nitrogens with one attached hydrogen (secondary N) is 1. The largest absolute Gasteiger partial charge is 0.389 e. The van der Waals surface area contributed by atoms with Crippen LogP contribution in [0.3, 0.4) is 0 Å². The van der Waals surface area contributed by atoms with Gasteiger partial charge in [0.15, 0.2) is 0 Å². The van der Waals surface area contributed by atoms with Crippen LogP contribution in [0.15, 0.2) is 0 Å². The van der Waals surface area contributed by atoms with Crippen molar-refractivity contribution in [3.63, 3.8) is 0 Å². The lowest BCUT2D eigenvalue weighted by Gasteiger charge is -2.52. The van der Waals surface area contributed by atoms with E-state index in [1.165, 1.54) is 0 Å². The minimum absolute atomic E-state index is 0.147. The van der Waals surface area contributed by atoms with Crippen LogP contribution < -0.4 is 5.32 Å². The third-order valence-electron chi connectivity index (χ3n) is 3.91. The number of aliphatic hydroxyl groups is 1. The van der Waals surface area contributed by atoms with Crippen LogP contribution in [0, 0.1) is 11.3 Å². The van der Waals surface area contributed by atoms with Crippen LogP contribution in [0.25, 0.3) is 0 Å². The van der Waals surface area contributed by atoms with Gasteiger partial charge in [-0.05, 0) is 19.3 Å². The summed E-state index contributed by atoms with van der Waals surface area (Å²) < 4.78 is 11.1. The molecular formula is C15H31NO3. The molecule has 0 bridgehead atoms. The molecule has 0 aromatic carbocycles. The lowest BCUT2D eigenvalue weighted by atomic mass is 9.64. The van der Waals surface area contributed by atoms with Crippen LogP contribution in [-0.2, 0) is 9.47 Å². The summed E-state index contributed by atoms with van der Waals surface area (Å²) in [7, 11) is 0. The average Bonchev–Trinajstić information content (AvgIpc) is 2.32. The molecule has 1 rings (SSSR count). The molecule has 2 N–H and O–H groups in total. The third-order valence-corrected chi connectivity index (χ3v) is 3.91. The van der Waals surface area contributed by atoms with E-state index in [-0.39, 0.29) is 5.41 Å². The molecule has 1 aliphatic carbocycles. The Kier molecular flexibility index (Phi) is 6.74. The summed E-state index contributed by atoms with van der Waals surface area (Å²) in [6, 6.07) is 0.420. The fourth-order valence-corrected chi connectivity index (χ4v) is 2.49. The van der Waals surface area contributed by atoms with Crippen molar-refractivity contribution in [3.8, 4) is 0 Å². The molecule has 1 fully saturated rings. The molecule has 19 heavy (non-hydrogen) atoms. The maximum atomic E-state index is 9.85. The van der Waals surface area contributed by atoms with E-state index < -0.39 is 6.10 Å². The Bertz CT molecular complexity index is 256. The fraction of sp³-hybridized carbons (Fsp3) is 1.00. The van der Waals surface area contributed by atoms with Crippen molar-refractivity contribution in [1.29, 1.82) is 0 Å². The van der Waals surface area contributed by atoms with Gasteiger partial charge in [0, 0.05) is 31.2 Å². The van der Waals surface area contributed by atoms with E-state index in [0.29, 0.717) is 37.8 Å². The van der Waals surface area contributed by atoms with Crippen LogP contribution in [0.1, 0.15) is 41.0 Å². The number of ether oxygens (including phenoxy) is 2. The average molecular weight is 273 g/mol. The Hall–Kier alpha value is -0.160. The molecule has 0 radical (unpaired) electrons. The first kappa shape index (κ1) is 16.9. The summed E-state index contributed by atoms with van der Waals surface area (Å²) in [4.78, 5) is 0. The van der Waals surface area contributed by atoms with E-state index in [1.54, 1.807) is 0 Å². The predicted molar refractivity (Wildman–Crippen MR) is 77.3 cm³/mol. The molecule has 1 saturated carbocycles. The molecule has 4 nitrogen and oxygen atoms in total. The highest BCUT2D eigenvalue weighted by atomic mass is 16.5. The van der Waals surface area contributed by atoms with E-state index in [1.807, 2.05) is 6.92 Å². The summed E-state index contributed by atoms with van der Waals surface area (Å²) >= 11 is 0. The first-order valence-electron chi connectivity index (χ1n) is 7.48. The van der Waals surface area contributed by atoms with Gasteiger partial charge in [0.1, 0.15) is 0 Å². The highest BCUT2D eigenvalue weighted by molar-refractivity contribution is 5.02. The van der Waals surface area contributed by atoms with Gasteiger partial charge in [-0.2, -0.15) is 0 Å². The zero-order valence-electron chi connectivity index (χ0n) is 13.1. The van der Waals surface area contributed by atoms with Crippen LogP contribution in [0.4, 0.5) is 0 Å². The van der Waals surface area contributed by atoms with Crippen LogP contribution >= 0.6 is 0 Å². The van der Waals surface area contributed by atoms with Crippen LogP contribution in [0.2, 0.25) is 0 Å². The Labute approximate surface area is 117 Å². The molecule has 1 aliphatic rings. The topological polar surface area (TPSA) is 50.7 Å². The lowest BCUT2D eigenvalue weighted by Crippen LogP contribution is -2.61. The fourth-order valence-electron chi connectivity index (χ4n) is 2.49. The SMILES string of the molecule is CCOC1CC(NCC(O)COCC(C)C)C1(C)C. The zero-order chi connectivity index (χ0) is 14.5. The summed E-state index contributed by atoms with van der Waals surface area (Å²) in [6.07, 6.45) is 0.936. The van der Waals surface area contributed by atoms with Gasteiger partial charge >= 0.3 is 0 Å². The monoisotopic (exact) mass is 273 g/mol. The molecule has 0 aromatic rings. The molecule has 0 heterocycles. The van der Waals surface area contributed by atoms with Gasteiger partial charge in [0.25, 0.3) is 0 Å². The second-order valence-electron chi connectivity index (χ2n) is 6.55. The number of rotatable bonds is 9. The number of hydrogen-bond acceptors (Lipinski definition) is 4. The predicted octanol–water partition coefficient (Wildman–Crippen LogP) is 1.81. The standard InChI is InChI=1S/C15H31NO3/c1-6-19-14-7-13(15(14,4)5)16-8-12(17)10-18-9-11(2)3/h11-14,16-17H,6-10H2,1-5H3. The smallest absolute Gasteiger partial charge is 0.0897 e. The Morgan fingerprint density at radius 1 is 1.32 bits per heavy atom. The van der Waals surface area contributed by atoms with Gasteiger partial charge in [-0.15, -0.1) is 0 Å². The molecule has 4 heteroatoms. The van der Waals surface area contributed by atoms with E-state index in [2.05, 4.69) is 33.0 Å². The summed E-state index contributed by atoms with van der Waals surface area (Å²) in [5, 5.41) is 13.3. The van der Waals surface area contributed by atoms with E-state index >= 15 is 0 Å². The van der Waals surface area contributed by atoms with Crippen molar-refractivity contribution in [2.75, 3.05) is 26.4 Å². The first-order chi connectivity index (χ1) is 8.87. The highest BCUT2D eigenvalue weighted by Crippen LogP contribution is 2.42. The van der Waals surface area contributed by atoms with Gasteiger partial charge in [-0.25, -0.2) is 0 Å². The van der Waals surface area contributed by atoms with Crippen molar-refractivity contribution < 1.29 is 14.6 Å². The first-order valence-corrected chi connectivity index (χ1v) is 7.48. The number of aliphatic hydroxyl groups excluding tert-OH is 1. The minimum atomic E-state index is -0.430. The van der Waals surface area contributed by atoms with Crippen LogP contribution in [-0.4, -0.2) is 49.7 Å². The second kappa shape index (κ2) is 7.58. The van der Waals surface area contributed by atoms with E-state index in [4.69, 9.17) is 9.47 Å². The van der Waals surface area contributed by atoms with Gasteiger partial charge in [0.2, 0.25) is 0 Å². The maximum Gasteiger partial charge on any atom is 0.0897 e. The second-order valence-corrected chi connectivity index (χ2v) is 6.55. The Morgan fingerprint density at radius 2 is 2.00 bits per heavy atom. The van der Waals surface area contributed by atoms with Crippen molar-refractivity contribution >= 4 is 0 Å². The van der Waals surface area contributed by atoms with Crippen LogP contribution in [0.5, 0.6) is 0 Å². The molecule has 0 amide bonds. The molecule has 3 atom stereocenters. The molecular weight excluding hydrogens is 242 g/mol. The molecule has 0 aliphatic heterocycles. The Morgan fingerprint density at radius 3 is 2.53 bits per heavy atom. The minimum Gasteiger partial charge on any atom is -0.389 e. The summed E-state index contributed by atoms with van der Waals surface area (Å²) in [5.74, 6) is 0.512. The van der Waals surface area contributed by atoms with Gasteiger partial charge in [-0.3, -0.25) is 0 Å². The van der Waals surface area contributed by atoms with Gasteiger partial charge < -0.3 is 19.9 Å². The van der Waals surface area contributed by atoms with E-state index in [0.717, 1.165) is 13.0 Å².